The van der Waals surface area contributed by atoms with Gasteiger partial charge in [0.25, 0.3) is 0 Å². The third kappa shape index (κ3) is 3.48. The van der Waals surface area contributed by atoms with Crippen LogP contribution in [0.15, 0.2) is 97.1 Å². The van der Waals surface area contributed by atoms with E-state index in [1.165, 1.54) is 36.4 Å². The molecule has 0 unspecified atom stereocenters. The van der Waals surface area contributed by atoms with Crippen LogP contribution >= 0.6 is 0 Å². The van der Waals surface area contributed by atoms with Crippen molar-refractivity contribution >= 4 is 28.0 Å². The standard InChI is InChI=1S/C25H19BF3O/c1-30-25-13-11-18(12-14-25)26(19-5-2-8-22(27)15-19,20-6-3-9-23(28)16-20)21-7-4-10-24(29)17-21/h2-17H,1H3/q-1. The first-order valence-corrected chi connectivity index (χ1v) is 9.62. The minimum absolute atomic E-state index is 0.417. The Morgan fingerprint density at radius 2 is 0.933 bits per heavy atom. The predicted octanol–water partition coefficient (Wildman–Crippen LogP) is 3.49. The zero-order chi connectivity index (χ0) is 21.1. The van der Waals surface area contributed by atoms with Crippen LogP contribution in [0.4, 0.5) is 13.2 Å². The van der Waals surface area contributed by atoms with Crippen molar-refractivity contribution in [2.24, 2.45) is 0 Å². The summed E-state index contributed by atoms with van der Waals surface area (Å²) in [6.45, 7) is 0. The maximum absolute atomic E-state index is 14.4. The Labute approximate surface area is 173 Å². The summed E-state index contributed by atoms with van der Waals surface area (Å²) in [7, 11) is 1.57. The topological polar surface area (TPSA) is 9.23 Å². The van der Waals surface area contributed by atoms with Gasteiger partial charge in [0.05, 0.1) is 7.11 Å². The van der Waals surface area contributed by atoms with Crippen LogP contribution in [-0.4, -0.2) is 13.3 Å². The van der Waals surface area contributed by atoms with Gasteiger partial charge >= 0.3 is 0 Å². The number of hydrogen-bond donors (Lipinski definition) is 0. The van der Waals surface area contributed by atoms with E-state index in [2.05, 4.69) is 0 Å². The molecule has 150 valence electrons. The van der Waals surface area contributed by atoms with Crippen LogP contribution < -0.4 is 26.6 Å². The number of benzene rings is 4. The number of methoxy groups -OCH3 is 1. The van der Waals surface area contributed by atoms with Crippen molar-refractivity contribution in [3.63, 3.8) is 0 Å². The SMILES string of the molecule is COc1ccc([B-](c2cccc(F)c2)(c2cccc(F)c2)c2cccc(F)c2)cc1. The molecule has 0 aliphatic heterocycles. The predicted molar refractivity (Wildman–Crippen MR) is 116 cm³/mol. The van der Waals surface area contributed by atoms with E-state index in [-0.39, 0.29) is 0 Å². The van der Waals surface area contributed by atoms with Crippen LogP contribution in [0.1, 0.15) is 0 Å². The first kappa shape index (κ1) is 19.8. The van der Waals surface area contributed by atoms with Crippen molar-refractivity contribution < 1.29 is 17.9 Å². The van der Waals surface area contributed by atoms with Crippen LogP contribution in [0.2, 0.25) is 0 Å². The fraction of sp³-hybridized carbons (Fsp3) is 0.0400. The lowest BCUT2D eigenvalue weighted by Gasteiger charge is -2.44. The Balaban J connectivity index is 2.14. The lowest BCUT2D eigenvalue weighted by Crippen LogP contribution is -2.75. The van der Waals surface area contributed by atoms with E-state index < -0.39 is 23.6 Å². The quantitative estimate of drug-likeness (QED) is 0.464. The minimum Gasteiger partial charge on any atom is -0.497 e. The molecule has 0 aliphatic rings. The van der Waals surface area contributed by atoms with Gasteiger partial charge in [-0.15, -0.1) is 0 Å². The van der Waals surface area contributed by atoms with E-state index in [9.17, 15) is 13.2 Å². The van der Waals surface area contributed by atoms with Crippen LogP contribution in [0.25, 0.3) is 0 Å². The summed E-state index contributed by atoms with van der Waals surface area (Å²) in [5, 5.41) is 0. The van der Waals surface area contributed by atoms with E-state index in [0.29, 0.717) is 22.1 Å². The molecule has 0 fully saturated rings. The molecule has 4 aromatic rings. The molecule has 0 aromatic heterocycles. The molecule has 0 radical (unpaired) electrons. The molecule has 0 bridgehead atoms. The Bertz CT molecular complexity index is 1060. The van der Waals surface area contributed by atoms with Crippen LogP contribution in [0.3, 0.4) is 0 Å². The highest BCUT2D eigenvalue weighted by Crippen LogP contribution is 2.14. The first-order chi connectivity index (χ1) is 14.5. The third-order valence-electron chi connectivity index (χ3n) is 5.66. The molecule has 4 rings (SSSR count). The molecule has 0 atom stereocenters. The molecule has 0 saturated heterocycles. The smallest absolute Gasteiger partial charge is 0.120 e. The van der Waals surface area contributed by atoms with Gasteiger partial charge in [-0.2, -0.15) is 21.9 Å². The van der Waals surface area contributed by atoms with Crippen molar-refractivity contribution in [1.82, 2.24) is 0 Å². The van der Waals surface area contributed by atoms with Crippen LogP contribution in [0.5, 0.6) is 5.75 Å². The molecule has 0 saturated carbocycles. The van der Waals surface area contributed by atoms with E-state index in [1.807, 2.05) is 12.1 Å². The largest absolute Gasteiger partial charge is 0.497 e. The van der Waals surface area contributed by atoms with Crippen molar-refractivity contribution in [2.75, 3.05) is 7.11 Å². The summed E-state index contributed by atoms with van der Waals surface area (Å²) in [6.07, 6.45) is -2.07. The summed E-state index contributed by atoms with van der Waals surface area (Å²) >= 11 is 0. The first-order valence-electron chi connectivity index (χ1n) is 9.62. The summed E-state index contributed by atoms with van der Waals surface area (Å²) in [6, 6.07) is 25.9. The molecule has 30 heavy (non-hydrogen) atoms. The average Bonchev–Trinajstić information content (AvgIpc) is 2.75. The summed E-state index contributed by atoms with van der Waals surface area (Å²) in [5.74, 6) is -0.596. The van der Waals surface area contributed by atoms with E-state index in [0.717, 1.165) is 5.46 Å². The molecule has 0 N–H and O–H groups in total. The highest BCUT2D eigenvalue weighted by Gasteiger charge is 2.32. The second-order valence-electron chi connectivity index (χ2n) is 7.30. The number of hydrogen-bond acceptors (Lipinski definition) is 1. The Kier molecular flexibility index (Phi) is 5.36. The summed E-state index contributed by atoms with van der Waals surface area (Å²) < 4.78 is 48.4. The molecule has 0 aliphatic carbocycles. The molecule has 1 nitrogen and oxygen atoms in total. The molecule has 5 heteroatoms. The zero-order valence-electron chi connectivity index (χ0n) is 16.4. The number of ether oxygens (including phenoxy) is 1. The van der Waals surface area contributed by atoms with Gasteiger partial charge in [-0.3, -0.25) is 0 Å². The Morgan fingerprint density at radius 3 is 1.27 bits per heavy atom. The average molecular weight is 403 g/mol. The maximum atomic E-state index is 14.4. The lowest BCUT2D eigenvalue weighted by molar-refractivity contribution is 0.415. The van der Waals surface area contributed by atoms with E-state index >= 15 is 0 Å². The second-order valence-corrected chi connectivity index (χ2v) is 7.30. The molecular formula is C25H19BF3O-. The van der Waals surface area contributed by atoms with Gasteiger partial charge in [0.1, 0.15) is 29.3 Å². The number of halogens is 3. The molecular weight excluding hydrogens is 384 g/mol. The van der Waals surface area contributed by atoms with Gasteiger partial charge in [0.15, 0.2) is 0 Å². The van der Waals surface area contributed by atoms with Crippen molar-refractivity contribution in [2.45, 2.75) is 0 Å². The maximum Gasteiger partial charge on any atom is 0.120 e. The van der Waals surface area contributed by atoms with Crippen LogP contribution in [-0.2, 0) is 0 Å². The highest BCUT2D eigenvalue weighted by atomic mass is 19.1. The number of rotatable bonds is 5. The molecule has 0 amide bonds. The minimum atomic E-state index is -2.07. The Morgan fingerprint density at radius 1 is 0.533 bits per heavy atom. The molecule has 0 spiro atoms. The van der Waals surface area contributed by atoms with Gasteiger partial charge in [-0.05, 0) is 30.3 Å². The van der Waals surface area contributed by atoms with Crippen molar-refractivity contribution in [1.29, 1.82) is 0 Å². The fourth-order valence-electron chi connectivity index (χ4n) is 4.38. The summed E-state index contributed by atoms with van der Waals surface area (Å²) in [5.41, 5.74) is 2.65. The van der Waals surface area contributed by atoms with Gasteiger partial charge in [-0.25, -0.2) is 13.2 Å². The second kappa shape index (κ2) is 8.11. The van der Waals surface area contributed by atoms with E-state index in [4.69, 9.17) is 4.74 Å². The van der Waals surface area contributed by atoms with Gasteiger partial charge < -0.3 is 4.74 Å². The fourth-order valence-corrected chi connectivity index (χ4v) is 4.38. The van der Waals surface area contributed by atoms with Crippen molar-refractivity contribution in [3.8, 4) is 5.75 Å². The van der Waals surface area contributed by atoms with Crippen molar-refractivity contribution in [3.05, 3.63) is 115 Å². The lowest BCUT2D eigenvalue weighted by atomic mass is 9.13. The molecule has 0 heterocycles. The Hall–Kier alpha value is -3.47. The third-order valence-corrected chi connectivity index (χ3v) is 5.66. The zero-order valence-corrected chi connectivity index (χ0v) is 16.4. The van der Waals surface area contributed by atoms with Crippen LogP contribution in [0, 0.1) is 17.5 Å². The molecule has 4 aromatic carbocycles. The summed E-state index contributed by atoms with van der Waals surface area (Å²) in [4.78, 5) is 0. The van der Waals surface area contributed by atoms with Gasteiger partial charge in [0, 0.05) is 0 Å². The van der Waals surface area contributed by atoms with Gasteiger partial charge in [-0.1, -0.05) is 66.7 Å². The van der Waals surface area contributed by atoms with E-state index in [1.54, 1.807) is 55.6 Å². The van der Waals surface area contributed by atoms with Gasteiger partial charge in [0.2, 0.25) is 0 Å². The highest BCUT2D eigenvalue weighted by molar-refractivity contribution is 7.19. The monoisotopic (exact) mass is 403 g/mol. The normalized spacial score (nSPS) is 11.3.